The van der Waals surface area contributed by atoms with E-state index in [9.17, 15) is 9.90 Å². The van der Waals surface area contributed by atoms with Crippen molar-refractivity contribution >= 4 is 5.91 Å². The second kappa shape index (κ2) is 12.7. The number of piperidine rings is 2. The van der Waals surface area contributed by atoms with Crippen LogP contribution in [0.5, 0.6) is 5.75 Å². The lowest BCUT2D eigenvalue weighted by molar-refractivity contribution is -0.0499. The van der Waals surface area contributed by atoms with E-state index in [1.807, 2.05) is 30.3 Å². The molecule has 210 valence electrons. The van der Waals surface area contributed by atoms with Gasteiger partial charge in [-0.1, -0.05) is 56.0 Å². The molecule has 5 rings (SSSR count). The summed E-state index contributed by atoms with van der Waals surface area (Å²) in [6.45, 7) is 9.68. The Kier molecular flexibility index (Phi) is 9.09. The highest BCUT2D eigenvalue weighted by Gasteiger charge is 2.45. The van der Waals surface area contributed by atoms with Gasteiger partial charge in [0, 0.05) is 42.3 Å². The molecule has 2 aliphatic heterocycles. The molecule has 0 bridgehead atoms. The molecule has 5 heteroatoms. The first-order chi connectivity index (χ1) is 19.0. The van der Waals surface area contributed by atoms with Crippen molar-refractivity contribution < 1.29 is 9.90 Å². The Balaban J connectivity index is 1.45. The van der Waals surface area contributed by atoms with Gasteiger partial charge in [0.25, 0.3) is 5.91 Å². The summed E-state index contributed by atoms with van der Waals surface area (Å²) in [7, 11) is 0. The molecular formula is C34H47N3O2. The third-order valence-corrected chi connectivity index (χ3v) is 9.59. The van der Waals surface area contributed by atoms with Crippen LogP contribution < -0.4 is 5.32 Å². The van der Waals surface area contributed by atoms with Crippen LogP contribution in [0, 0.1) is 0 Å². The molecule has 3 fully saturated rings. The molecule has 1 saturated carbocycles. The van der Waals surface area contributed by atoms with E-state index in [1.165, 1.54) is 50.5 Å². The van der Waals surface area contributed by atoms with Gasteiger partial charge in [0.2, 0.25) is 0 Å². The molecule has 0 spiro atoms. The number of hydrogen-bond donors (Lipinski definition) is 2. The van der Waals surface area contributed by atoms with Gasteiger partial charge in [-0.05, 0) is 87.8 Å². The number of nitrogens with zero attached hydrogens (tertiary/aromatic N) is 2. The summed E-state index contributed by atoms with van der Waals surface area (Å²) >= 11 is 0. The number of benzene rings is 2. The fourth-order valence-corrected chi connectivity index (χ4v) is 7.56. The third kappa shape index (κ3) is 6.25. The van der Waals surface area contributed by atoms with Gasteiger partial charge in [-0.2, -0.15) is 0 Å². The highest BCUT2D eigenvalue weighted by Crippen LogP contribution is 2.43. The van der Waals surface area contributed by atoms with E-state index in [0.29, 0.717) is 29.9 Å². The van der Waals surface area contributed by atoms with E-state index in [1.54, 1.807) is 6.07 Å². The van der Waals surface area contributed by atoms with Gasteiger partial charge >= 0.3 is 0 Å². The van der Waals surface area contributed by atoms with Crippen molar-refractivity contribution in [3.8, 4) is 5.75 Å². The molecule has 2 heterocycles. The molecule has 2 aromatic rings. The molecule has 0 radical (unpaired) electrons. The highest BCUT2D eigenvalue weighted by molar-refractivity contribution is 5.94. The van der Waals surface area contributed by atoms with Crippen LogP contribution in [0.2, 0.25) is 0 Å². The van der Waals surface area contributed by atoms with Crippen molar-refractivity contribution in [2.75, 3.05) is 6.54 Å². The van der Waals surface area contributed by atoms with E-state index in [-0.39, 0.29) is 18.0 Å². The first-order valence-electron chi connectivity index (χ1n) is 15.3. The van der Waals surface area contributed by atoms with Gasteiger partial charge in [0.1, 0.15) is 5.75 Å². The minimum atomic E-state index is 0.0119. The first kappa shape index (κ1) is 27.9. The lowest BCUT2D eigenvalue weighted by Gasteiger charge is -2.56. The fourth-order valence-electron chi connectivity index (χ4n) is 7.56. The predicted molar refractivity (Wildman–Crippen MR) is 159 cm³/mol. The van der Waals surface area contributed by atoms with Crippen molar-refractivity contribution in [2.45, 2.75) is 114 Å². The molecule has 5 nitrogen and oxygen atoms in total. The predicted octanol–water partition coefficient (Wildman–Crippen LogP) is 6.83. The Labute approximate surface area is 235 Å². The summed E-state index contributed by atoms with van der Waals surface area (Å²) in [5, 5.41) is 13.7. The number of nitrogens with one attached hydrogen (secondary N) is 1. The Morgan fingerprint density at radius 2 is 1.62 bits per heavy atom. The van der Waals surface area contributed by atoms with Crippen molar-refractivity contribution in [3.05, 3.63) is 77.9 Å². The maximum atomic E-state index is 13.1. The number of aromatic hydroxyl groups is 1. The number of rotatable bonds is 7. The normalized spacial score (nSPS) is 27.7. The van der Waals surface area contributed by atoms with E-state index in [4.69, 9.17) is 0 Å². The highest BCUT2D eigenvalue weighted by atomic mass is 16.3. The number of amides is 1. The standard InChI is InChI=1S/C34H47N3O2/c1-4-22-36-24(2)14-21-32-31(36)20-15-25(3)37(32)33(28-10-9-13-30(38)23-28)26-16-18-27(19-17-26)34(39)35-29-11-7-5-6-8-12-29/h4,9-10,13,16-19,23-25,29,31-33,38H,1,5-8,11-12,14-15,20-22H2,2-3H3,(H,35,39). The summed E-state index contributed by atoms with van der Waals surface area (Å²) in [6, 6.07) is 18.2. The van der Waals surface area contributed by atoms with Gasteiger partial charge in [0.05, 0.1) is 6.04 Å². The van der Waals surface area contributed by atoms with Gasteiger partial charge < -0.3 is 10.4 Å². The maximum Gasteiger partial charge on any atom is 0.251 e. The van der Waals surface area contributed by atoms with Gasteiger partial charge in [0.15, 0.2) is 0 Å². The molecule has 39 heavy (non-hydrogen) atoms. The van der Waals surface area contributed by atoms with E-state index >= 15 is 0 Å². The number of carbonyl (C=O) groups excluding carboxylic acids is 1. The van der Waals surface area contributed by atoms with Crippen molar-refractivity contribution in [3.63, 3.8) is 0 Å². The summed E-state index contributed by atoms with van der Waals surface area (Å²) in [5.74, 6) is 0.332. The zero-order valence-corrected chi connectivity index (χ0v) is 23.9. The van der Waals surface area contributed by atoms with Crippen LogP contribution in [-0.4, -0.2) is 57.6 Å². The summed E-state index contributed by atoms with van der Waals surface area (Å²) < 4.78 is 0. The average molecular weight is 530 g/mol. The van der Waals surface area contributed by atoms with Crippen LogP contribution in [0.4, 0.5) is 0 Å². The molecule has 0 aromatic heterocycles. The molecule has 5 unspecified atom stereocenters. The summed E-state index contributed by atoms with van der Waals surface area (Å²) in [6.07, 6.45) is 13.9. The lowest BCUT2D eigenvalue weighted by atomic mass is 9.79. The van der Waals surface area contributed by atoms with Crippen molar-refractivity contribution in [1.29, 1.82) is 0 Å². The molecule has 1 aliphatic carbocycles. The van der Waals surface area contributed by atoms with E-state index in [0.717, 1.165) is 36.9 Å². The largest absolute Gasteiger partial charge is 0.508 e. The number of likely N-dealkylation sites (tertiary alicyclic amines) is 2. The molecule has 3 aliphatic rings. The molecule has 2 N–H and O–H groups in total. The minimum Gasteiger partial charge on any atom is -0.508 e. The van der Waals surface area contributed by atoms with Crippen LogP contribution in [0.15, 0.2) is 61.2 Å². The van der Waals surface area contributed by atoms with Gasteiger partial charge in [-0.15, -0.1) is 6.58 Å². The third-order valence-electron chi connectivity index (χ3n) is 9.59. The SMILES string of the molecule is C=CCN1C(C)CCC2C1CCC(C)N2C(c1ccc(C(=O)NC2CCCCCC2)cc1)c1cccc(O)c1. The van der Waals surface area contributed by atoms with Crippen LogP contribution in [0.3, 0.4) is 0 Å². The Bertz CT molecular complexity index is 1110. The quantitative estimate of drug-likeness (QED) is 0.305. The number of phenolic OH excluding ortho intramolecular Hbond substituents is 1. The number of hydrogen-bond acceptors (Lipinski definition) is 4. The second-order valence-electron chi connectivity index (χ2n) is 12.2. The molecule has 1 amide bonds. The minimum absolute atomic E-state index is 0.0119. The first-order valence-corrected chi connectivity index (χ1v) is 15.3. The van der Waals surface area contributed by atoms with Crippen LogP contribution in [0.1, 0.15) is 106 Å². The fraction of sp³-hybridized carbons (Fsp3) is 0.559. The number of carbonyl (C=O) groups is 1. The Morgan fingerprint density at radius 3 is 2.31 bits per heavy atom. The smallest absolute Gasteiger partial charge is 0.251 e. The van der Waals surface area contributed by atoms with E-state index < -0.39 is 0 Å². The van der Waals surface area contributed by atoms with Crippen LogP contribution in [0.25, 0.3) is 0 Å². The molecule has 2 aromatic carbocycles. The molecular weight excluding hydrogens is 482 g/mol. The zero-order chi connectivity index (χ0) is 27.4. The zero-order valence-electron chi connectivity index (χ0n) is 23.9. The van der Waals surface area contributed by atoms with E-state index in [2.05, 4.69) is 53.7 Å². The lowest BCUT2D eigenvalue weighted by Crippen LogP contribution is -2.63. The summed E-state index contributed by atoms with van der Waals surface area (Å²) in [5.41, 5.74) is 3.01. The Hall–Kier alpha value is -2.63. The second-order valence-corrected chi connectivity index (χ2v) is 12.2. The van der Waals surface area contributed by atoms with Gasteiger partial charge in [-0.25, -0.2) is 0 Å². The van der Waals surface area contributed by atoms with Crippen molar-refractivity contribution in [2.24, 2.45) is 0 Å². The molecule has 5 atom stereocenters. The molecule has 2 saturated heterocycles. The number of fused-ring (bicyclic) bond motifs is 1. The van der Waals surface area contributed by atoms with Crippen molar-refractivity contribution in [1.82, 2.24) is 15.1 Å². The van der Waals surface area contributed by atoms with Crippen LogP contribution in [-0.2, 0) is 0 Å². The topological polar surface area (TPSA) is 55.8 Å². The number of phenols is 1. The maximum absolute atomic E-state index is 13.1. The Morgan fingerprint density at radius 1 is 0.923 bits per heavy atom. The van der Waals surface area contributed by atoms with Crippen LogP contribution >= 0.6 is 0 Å². The summed E-state index contributed by atoms with van der Waals surface area (Å²) in [4.78, 5) is 18.5. The van der Waals surface area contributed by atoms with Gasteiger partial charge in [-0.3, -0.25) is 14.6 Å². The monoisotopic (exact) mass is 529 g/mol. The average Bonchev–Trinajstić information content (AvgIpc) is 3.21.